The van der Waals surface area contributed by atoms with E-state index in [4.69, 9.17) is 5.53 Å². The van der Waals surface area contributed by atoms with E-state index in [9.17, 15) is 18.9 Å². The lowest BCUT2D eigenvalue weighted by atomic mass is 10.1. The van der Waals surface area contributed by atoms with Crippen molar-refractivity contribution in [3.05, 3.63) is 56.0 Å². The fraction of sp³-hybridized carbons (Fsp3) is 0.111. The van der Waals surface area contributed by atoms with Crippen molar-refractivity contribution in [3.63, 3.8) is 0 Å². The molecule has 17 heavy (non-hydrogen) atoms. The molecule has 1 rings (SSSR count). The molecule has 0 aliphatic heterocycles. The third-order valence-electron chi connectivity index (χ3n) is 1.81. The maximum absolute atomic E-state index is 13.3. The number of hydrogen-bond donors (Lipinski definition) is 0. The van der Waals surface area contributed by atoms with Crippen LogP contribution in [-0.4, -0.2) is 11.5 Å². The van der Waals surface area contributed by atoms with Crippen LogP contribution in [0.4, 0.5) is 14.5 Å². The van der Waals surface area contributed by atoms with Gasteiger partial charge < -0.3 is 0 Å². The molecule has 0 fully saturated rings. The number of hydrogen-bond acceptors (Lipinski definition) is 3. The molecule has 0 N–H and O–H groups in total. The summed E-state index contributed by atoms with van der Waals surface area (Å²) < 4.78 is 26.4. The van der Waals surface area contributed by atoms with Crippen molar-refractivity contribution < 1.29 is 13.7 Å². The van der Waals surface area contributed by atoms with E-state index in [0.29, 0.717) is 12.1 Å². The second-order valence-corrected chi connectivity index (χ2v) is 2.90. The third kappa shape index (κ3) is 3.25. The van der Waals surface area contributed by atoms with Gasteiger partial charge in [-0.25, -0.2) is 4.39 Å². The summed E-state index contributed by atoms with van der Waals surface area (Å²) in [7, 11) is 0. The van der Waals surface area contributed by atoms with Crippen molar-refractivity contribution in [1.29, 1.82) is 0 Å². The summed E-state index contributed by atoms with van der Waals surface area (Å²) in [6.07, 6.45) is 2.49. The highest BCUT2D eigenvalue weighted by Crippen LogP contribution is 2.22. The maximum Gasteiger partial charge on any atom is 0.307 e. The van der Waals surface area contributed by atoms with Gasteiger partial charge in [0.15, 0.2) is 0 Å². The molecule has 88 valence electrons. The Kier molecular flexibility index (Phi) is 4.13. The molecular weight excluding hydrogens is 234 g/mol. The monoisotopic (exact) mass is 240 g/mol. The summed E-state index contributed by atoms with van der Waals surface area (Å²) in [6.45, 7) is -0.0193. The van der Waals surface area contributed by atoms with Crippen LogP contribution in [0.2, 0.25) is 0 Å². The first-order valence-electron chi connectivity index (χ1n) is 4.37. The normalized spacial score (nSPS) is 10.2. The molecule has 0 bridgehead atoms. The van der Waals surface area contributed by atoms with Crippen LogP contribution in [0, 0.1) is 21.7 Å². The summed E-state index contributed by atoms with van der Waals surface area (Å²) in [6, 6.07) is 1.21. The van der Waals surface area contributed by atoms with Gasteiger partial charge in [0.1, 0.15) is 5.82 Å². The van der Waals surface area contributed by atoms with Crippen molar-refractivity contribution in [2.45, 2.75) is 0 Å². The Hall–Kier alpha value is -2.47. The molecule has 0 heterocycles. The van der Waals surface area contributed by atoms with Crippen LogP contribution in [-0.2, 0) is 0 Å². The maximum atomic E-state index is 13.3. The van der Waals surface area contributed by atoms with Crippen LogP contribution in [0.25, 0.3) is 16.5 Å². The SMILES string of the molecule is [N-]=[N+]=NCC=Cc1cc(F)c([N+](=O)[O-])cc1F. The van der Waals surface area contributed by atoms with E-state index in [1.807, 2.05) is 0 Å². The van der Waals surface area contributed by atoms with Crippen LogP contribution in [0.1, 0.15) is 5.56 Å². The predicted octanol–water partition coefficient (Wildman–Crippen LogP) is 3.20. The lowest BCUT2D eigenvalue weighted by Gasteiger charge is -1.98. The van der Waals surface area contributed by atoms with Gasteiger partial charge in [-0.2, -0.15) is 4.39 Å². The molecule has 0 radical (unpaired) electrons. The minimum atomic E-state index is -1.13. The summed E-state index contributed by atoms with van der Waals surface area (Å²) in [4.78, 5) is 11.8. The molecule has 1 aromatic rings. The van der Waals surface area contributed by atoms with Crippen molar-refractivity contribution >= 4 is 11.8 Å². The van der Waals surface area contributed by atoms with Crippen LogP contribution >= 0.6 is 0 Å². The van der Waals surface area contributed by atoms with E-state index < -0.39 is 22.2 Å². The van der Waals surface area contributed by atoms with E-state index in [0.717, 1.165) is 0 Å². The zero-order valence-electron chi connectivity index (χ0n) is 8.38. The largest absolute Gasteiger partial charge is 0.307 e. The van der Waals surface area contributed by atoms with Gasteiger partial charge in [-0.15, -0.1) is 0 Å². The predicted molar refractivity (Wildman–Crippen MR) is 56.1 cm³/mol. The van der Waals surface area contributed by atoms with Gasteiger partial charge in [-0.1, -0.05) is 17.3 Å². The second kappa shape index (κ2) is 5.57. The highest BCUT2D eigenvalue weighted by Gasteiger charge is 2.17. The Balaban J connectivity index is 3.03. The van der Waals surface area contributed by atoms with Crippen molar-refractivity contribution in [1.82, 2.24) is 0 Å². The highest BCUT2D eigenvalue weighted by molar-refractivity contribution is 5.53. The van der Waals surface area contributed by atoms with E-state index in [2.05, 4.69) is 10.0 Å². The molecule has 0 aliphatic rings. The molecule has 6 nitrogen and oxygen atoms in total. The number of rotatable bonds is 4. The van der Waals surface area contributed by atoms with Gasteiger partial charge in [-0.3, -0.25) is 10.1 Å². The Morgan fingerprint density at radius 3 is 2.76 bits per heavy atom. The molecule has 0 saturated carbocycles. The molecule has 0 amide bonds. The fourth-order valence-electron chi connectivity index (χ4n) is 1.08. The number of nitro groups is 1. The van der Waals surface area contributed by atoms with Gasteiger partial charge in [0.05, 0.1) is 11.0 Å². The first-order valence-corrected chi connectivity index (χ1v) is 4.37. The number of nitrogens with zero attached hydrogens (tertiary/aromatic N) is 4. The molecule has 0 aromatic heterocycles. The van der Waals surface area contributed by atoms with Crippen molar-refractivity contribution in [3.8, 4) is 0 Å². The van der Waals surface area contributed by atoms with Crippen LogP contribution in [0.5, 0.6) is 0 Å². The number of benzene rings is 1. The average molecular weight is 240 g/mol. The molecule has 0 spiro atoms. The summed E-state index contributed by atoms with van der Waals surface area (Å²) in [5, 5.41) is 13.5. The minimum Gasteiger partial charge on any atom is -0.258 e. The summed E-state index contributed by atoms with van der Waals surface area (Å²) in [5.41, 5.74) is 6.90. The van der Waals surface area contributed by atoms with Gasteiger partial charge >= 0.3 is 5.69 Å². The van der Waals surface area contributed by atoms with Crippen molar-refractivity contribution in [2.75, 3.05) is 6.54 Å². The van der Waals surface area contributed by atoms with Crippen molar-refractivity contribution in [2.24, 2.45) is 5.11 Å². The Bertz CT molecular complexity index is 524. The molecule has 0 aliphatic carbocycles. The standard InChI is InChI=1S/C9H6F2N4O2/c10-7-5-9(15(16)17)8(11)4-6(7)2-1-3-13-14-12/h1-2,4-5H,3H2. The van der Waals surface area contributed by atoms with Crippen LogP contribution < -0.4 is 0 Å². The van der Waals surface area contributed by atoms with Gasteiger partial charge in [0.2, 0.25) is 5.82 Å². The third-order valence-corrected chi connectivity index (χ3v) is 1.81. The number of nitro benzene ring substituents is 1. The molecule has 8 heteroatoms. The quantitative estimate of drug-likeness (QED) is 0.266. The topological polar surface area (TPSA) is 91.9 Å². The first-order chi connectivity index (χ1) is 8.06. The van der Waals surface area contributed by atoms with Gasteiger partial charge in [0.25, 0.3) is 0 Å². The second-order valence-electron chi connectivity index (χ2n) is 2.90. The number of halogens is 2. The summed E-state index contributed by atoms with van der Waals surface area (Å²) in [5.74, 6) is -2.05. The fourth-order valence-corrected chi connectivity index (χ4v) is 1.08. The van der Waals surface area contributed by atoms with E-state index in [-0.39, 0.29) is 12.1 Å². The van der Waals surface area contributed by atoms with Crippen LogP contribution in [0.3, 0.4) is 0 Å². The molecule has 0 unspecified atom stereocenters. The summed E-state index contributed by atoms with van der Waals surface area (Å²) >= 11 is 0. The Labute approximate surface area is 94.0 Å². The minimum absolute atomic E-state index is 0.0193. The van der Waals surface area contributed by atoms with E-state index in [1.54, 1.807) is 0 Å². The zero-order chi connectivity index (χ0) is 12.8. The average Bonchev–Trinajstić information content (AvgIpc) is 2.28. The lowest BCUT2D eigenvalue weighted by Crippen LogP contribution is -1.95. The molecule has 0 saturated heterocycles. The van der Waals surface area contributed by atoms with Gasteiger partial charge in [-0.05, 0) is 11.6 Å². The molecular formula is C9H6F2N4O2. The van der Waals surface area contributed by atoms with E-state index >= 15 is 0 Å². The van der Waals surface area contributed by atoms with Crippen LogP contribution in [0.15, 0.2) is 23.3 Å². The molecule has 0 atom stereocenters. The Morgan fingerprint density at radius 2 is 2.18 bits per heavy atom. The first kappa shape index (κ1) is 12.6. The smallest absolute Gasteiger partial charge is 0.258 e. The van der Waals surface area contributed by atoms with Gasteiger partial charge in [0, 0.05) is 17.0 Å². The zero-order valence-corrected chi connectivity index (χ0v) is 8.38. The number of azide groups is 1. The highest BCUT2D eigenvalue weighted by atomic mass is 19.1. The van der Waals surface area contributed by atoms with E-state index in [1.165, 1.54) is 12.2 Å². The Morgan fingerprint density at radius 1 is 1.47 bits per heavy atom. The lowest BCUT2D eigenvalue weighted by molar-refractivity contribution is -0.387. The molecule has 1 aromatic carbocycles.